The Morgan fingerprint density at radius 2 is 0.970 bits per heavy atom. The minimum Gasteiger partial charge on any atom is -0.477 e. The molecule has 3 fully saturated rings. The molecule has 2 amide bonds. The molecule has 3 heterocycles. The molecule has 0 aromatic carbocycles. The van der Waals surface area contributed by atoms with Gasteiger partial charge in [0.25, 0.3) is 5.79 Å². The Labute approximate surface area is 599 Å². The van der Waals surface area contributed by atoms with Crippen LogP contribution in [0, 0.1) is 0 Å². The van der Waals surface area contributed by atoms with Crippen LogP contribution >= 0.6 is 0 Å². The molecule has 3 rings (SSSR count). The molecule has 100 heavy (non-hydrogen) atoms. The number of carboxylic acids is 1. The Morgan fingerprint density at radius 3 is 1.41 bits per heavy atom. The summed E-state index contributed by atoms with van der Waals surface area (Å²) >= 11 is 0. The van der Waals surface area contributed by atoms with Gasteiger partial charge in [0.15, 0.2) is 12.6 Å². The largest absolute Gasteiger partial charge is 0.477 e. The first-order valence-electron chi connectivity index (χ1n) is 39.4. The number of nitrogens with one attached hydrogen (secondary N) is 2. The van der Waals surface area contributed by atoms with E-state index >= 15 is 0 Å². The van der Waals surface area contributed by atoms with E-state index in [9.17, 15) is 75.7 Å². The Bertz CT molecular complexity index is 2140. The molecule has 23 nitrogen and oxygen atoms in total. The molecule has 0 spiro atoms. The maximum Gasteiger partial charge on any atom is 0.364 e. The number of hydrogen-bond donors (Lipinski definition) is 14. The molecule has 0 aromatic rings. The van der Waals surface area contributed by atoms with Crippen LogP contribution in [0.5, 0.6) is 0 Å². The molecule has 0 aliphatic carbocycles. The zero-order valence-electron chi connectivity index (χ0n) is 61.6. The zero-order valence-corrected chi connectivity index (χ0v) is 61.6. The van der Waals surface area contributed by atoms with Gasteiger partial charge < -0.3 is 100 Å². The van der Waals surface area contributed by atoms with Crippen LogP contribution in [0.2, 0.25) is 0 Å². The molecule has 0 radical (unpaired) electrons. The Morgan fingerprint density at radius 1 is 0.530 bits per heavy atom. The summed E-state index contributed by atoms with van der Waals surface area (Å²) in [6.07, 6.45) is 33.2. The zero-order chi connectivity index (χ0) is 73.2. The molecule has 0 aromatic heterocycles. The average Bonchev–Trinajstić information content (AvgIpc) is 0.755. The number of unbranched alkanes of at least 4 members (excludes halogenated alkanes) is 37. The molecule has 18 unspecified atom stereocenters. The molecule has 3 saturated heterocycles. The quantitative estimate of drug-likeness (QED) is 0.0199. The van der Waals surface area contributed by atoms with Gasteiger partial charge in [-0.05, 0) is 51.4 Å². The highest BCUT2D eigenvalue weighted by atomic mass is 16.8. The van der Waals surface area contributed by atoms with Crippen molar-refractivity contribution in [1.29, 1.82) is 0 Å². The summed E-state index contributed by atoms with van der Waals surface area (Å²) in [6.45, 7) is 2.17. The van der Waals surface area contributed by atoms with E-state index in [1.807, 2.05) is 6.08 Å². The first-order valence-corrected chi connectivity index (χ1v) is 39.4. The van der Waals surface area contributed by atoms with E-state index in [-0.39, 0.29) is 12.3 Å². The summed E-state index contributed by atoms with van der Waals surface area (Å²) in [4.78, 5) is 38.7. The van der Waals surface area contributed by atoms with E-state index in [1.54, 1.807) is 6.08 Å². The van der Waals surface area contributed by atoms with Gasteiger partial charge in [-0.3, -0.25) is 9.59 Å². The molecule has 14 N–H and O–H groups in total. The van der Waals surface area contributed by atoms with Crippen molar-refractivity contribution in [3.63, 3.8) is 0 Å². The van der Waals surface area contributed by atoms with Crippen LogP contribution in [0.1, 0.15) is 297 Å². The minimum absolute atomic E-state index is 0.191. The number of amides is 2. The number of ether oxygens (including phenoxy) is 6. The van der Waals surface area contributed by atoms with Crippen molar-refractivity contribution >= 4 is 17.8 Å². The van der Waals surface area contributed by atoms with Crippen molar-refractivity contribution in [1.82, 2.24) is 10.6 Å². The highest BCUT2D eigenvalue weighted by Gasteiger charge is 2.60. The molecule has 18 atom stereocenters. The van der Waals surface area contributed by atoms with Gasteiger partial charge in [0.1, 0.15) is 67.1 Å². The number of aliphatic hydroxyl groups excluding tert-OH is 11. The SMILES string of the molecule is CCCCCCCCCCC/C=C\C/C=C\CCCCCCCCCC(=O)NC(COC1OC(CO)C(OC2OC(CO)C(O)C(OC3(C(=O)O)CC(O)C(NC(C)=O)C(C(O)C(O)CO)O3)C2O)C(O)C1O)C(O)/C=C/CCCCCCCCCCCCCCCCCCCCCCC. The van der Waals surface area contributed by atoms with E-state index in [1.165, 1.54) is 173 Å². The number of aliphatic carboxylic acids is 1. The fraction of sp³-hybridized carbons (Fsp3) is 0.883. The topological polar surface area (TPSA) is 373 Å². The van der Waals surface area contributed by atoms with Gasteiger partial charge in [-0.25, -0.2) is 4.79 Å². The average molecular weight is 1430 g/mol. The molecular formula is C77H140N2O21. The second-order valence-corrected chi connectivity index (χ2v) is 28.6. The third-order valence-electron chi connectivity index (χ3n) is 19.8. The van der Waals surface area contributed by atoms with Gasteiger partial charge in [-0.2, -0.15) is 0 Å². The molecule has 3 aliphatic heterocycles. The van der Waals surface area contributed by atoms with Crippen LogP contribution in [-0.4, -0.2) is 215 Å². The summed E-state index contributed by atoms with van der Waals surface area (Å²) < 4.78 is 34.9. The molecule has 0 saturated carbocycles. The van der Waals surface area contributed by atoms with Crippen molar-refractivity contribution in [2.45, 2.75) is 407 Å². The van der Waals surface area contributed by atoms with Gasteiger partial charge in [0, 0.05) is 19.8 Å². The summed E-state index contributed by atoms with van der Waals surface area (Å²) in [7, 11) is 0. The summed E-state index contributed by atoms with van der Waals surface area (Å²) in [5, 5.41) is 136. The van der Waals surface area contributed by atoms with Crippen LogP contribution in [0.3, 0.4) is 0 Å². The van der Waals surface area contributed by atoms with Crippen LogP contribution in [-0.2, 0) is 42.8 Å². The van der Waals surface area contributed by atoms with Crippen molar-refractivity contribution in [3.05, 3.63) is 36.5 Å². The summed E-state index contributed by atoms with van der Waals surface area (Å²) in [5.41, 5.74) is 0. The fourth-order valence-electron chi connectivity index (χ4n) is 13.6. The first-order chi connectivity index (χ1) is 48.4. The maximum absolute atomic E-state index is 13.5. The maximum atomic E-state index is 13.5. The predicted molar refractivity (Wildman–Crippen MR) is 384 cm³/mol. The Kier molecular flexibility index (Phi) is 51.3. The van der Waals surface area contributed by atoms with Gasteiger partial charge in [-0.1, -0.05) is 262 Å². The van der Waals surface area contributed by atoms with Gasteiger partial charge in [0.05, 0.1) is 50.7 Å². The highest BCUT2D eigenvalue weighted by Crippen LogP contribution is 2.39. The Hall–Kier alpha value is -3.05. The number of hydrogen-bond acceptors (Lipinski definition) is 20. The first kappa shape index (κ1) is 91.2. The molecule has 23 heteroatoms. The lowest BCUT2D eigenvalue weighted by molar-refractivity contribution is -0.386. The Balaban J connectivity index is 1.55. The van der Waals surface area contributed by atoms with E-state index in [4.69, 9.17) is 28.4 Å². The van der Waals surface area contributed by atoms with Crippen molar-refractivity contribution < 1.29 is 104 Å². The number of rotatable bonds is 61. The second kappa shape index (κ2) is 56.3. The third kappa shape index (κ3) is 36.8. The summed E-state index contributed by atoms with van der Waals surface area (Å²) in [5.74, 6) is -6.15. The van der Waals surface area contributed by atoms with E-state index in [2.05, 4.69) is 48.8 Å². The van der Waals surface area contributed by atoms with Gasteiger partial charge in [0.2, 0.25) is 11.8 Å². The standard InChI is InChI=1S/C77H140N2O21/c1-4-6-8-10-12-14-16-18-20-22-24-26-28-30-32-34-36-38-40-42-44-46-48-50-59(84)58(79-64(87)51-49-47-45-43-41-39-37-35-33-31-29-27-25-23-21-19-17-15-13-11-9-7-5-2)56-95-74-69(91)68(90)71(63(55-82)97-74)98-75-70(92)73(67(89)62(54-81)96-75)100-77(76(93)94)52-60(85)65(78-57(3)83)72(99-77)66(88)61(86)53-80/h25,27,31,33,48,50,58-63,65-75,80-82,84-86,88-92H,4-24,26,28-30,32,34-47,49,51-56H2,1-3H3,(H,78,83)(H,79,87)(H,93,94)/b27-25-,33-31-,50-48+. The molecule has 0 bridgehead atoms. The third-order valence-corrected chi connectivity index (χ3v) is 19.8. The highest BCUT2D eigenvalue weighted by molar-refractivity contribution is 5.77. The number of aliphatic hydroxyl groups is 11. The smallest absolute Gasteiger partial charge is 0.364 e. The molecule has 584 valence electrons. The lowest BCUT2D eigenvalue weighted by atomic mass is 9.88. The molecule has 3 aliphatic rings. The predicted octanol–water partition coefficient (Wildman–Crippen LogP) is 9.74. The van der Waals surface area contributed by atoms with Crippen LogP contribution in [0.4, 0.5) is 0 Å². The minimum atomic E-state index is -3.08. The van der Waals surface area contributed by atoms with Gasteiger partial charge in [-0.15, -0.1) is 0 Å². The number of carbonyl (C=O) groups is 3. The van der Waals surface area contributed by atoms with Crippen LogP contribution in [0.25, 0.3) is 0 Å². The monoisotopic (exact) mass is 1430 g/mol. The second-order valence-electron chi connectivity index (χ2n) is 28.6. The molecular weight excluding hydrogens is 1290 g/mol. The normalized spacial score (nSPS) is 27.1. The van der Waals surface area contributed by atoms with Crippen LogP contribution in [0.15, 0.2) is 36.5 Å². The fourth-order valence-corrected chi connectivity index (χ4v) is 13.6. The summed E-state index contributed by atoms with van der Waals surface area (Å²) in [6, 6.07) is -2.63. The van der Waals surface area contributed by atoms with E-state index < -0.39 is 155 Å². The lowest BCUT2D eigenvalue weighted by Gasteiger charge is -2.50. The van der Waals surface area contributed by atoms with E-state index in [0.717, 1.165) is 84.0 Å². The number of carboxylic acid groups (broad SMARTS) is 1. The van der Waals surface area contributed by atoms with Crippen molar-refractivity contribution in [2.75, 3.05) is 26.4 Å². The lowest BCUT2D eigenvalue weighted by Crippen LogP contribution is -2.70. The number of carbonyl (C=O) groups excluding carboxylic acids is 2. The van der Waals surface area contributed by atoms with Crippen LogP contribution < -0.4 is 10.6 Å². The van der Waals surface area contributed by atoms with E-state index in [0.29, 0.717) is 12.8 Å². The van der Waals surface area contributed by atoms with Crippen molar-refractivity contribution in [2.24, 2.45) is 0 Å². The van der Waals surface area contributed by atoms with Gasteiger partial charge >= 0.3 is 5.97 Å². The van der Waals surface area contributed by atoms with Crippen molar-refractivity contribution in [3.8, 4) is 0 Å². The number of allylic oxidation sites excluding steroid dienone is 5.